The van der Waals surface area contributed by atoms with Crippen molar-refractivity contribution in [3.8, 4) is 0 Å². The number of thiophene rings is 1. The number of ketones is 1. The standard InChI is InChI=1S/C20H20N4O2S/c1-10(2)7-13-8-11(3)15(9-22-13)24-14-5-6-21-19-16(14)17(23-20(24)26)18(27-19)12(4)25/h5-6,8-10H,7H2,1-4H3,(H,23,26). The van der Waals surface area contributed by atoms with Crippen LogP contribution in [0.25, 0.3) is 10.2 Å². The summed E-state index contributed by atoms with van der Waals surface area (Å²) in [6, 6.07) is 3.55. The number of pyridine rings is 2. The molecule has 0 spiro atoms. The molecule has 1 aliphatic heterocycles. The summed E-state index contributed by atoms with van der Waals surface area (Å²) in [6.07, 6.45) is 4.31. The first-order valence-corrected chi connectivity index (χ1v) is 9.67. The van der Waals surface area contributed by atoms with Gasteiger partial charge < -0.3 is 5.32 Å². The summed E-state index contributed by atoms with van der Waals surface area (Å²) in [5.74, 6) is 0.433. The Morgan fingerprint density at radius 2 is 2.07 bits per heavy atom. The molecule has 6 nitrogen and oxygen atoms in total. The van der Waals surface area contributed by atoms with Gasteiger partial charge >= 0.3 is 6.03 Å². The summed E-state index contributed by atoms with van der Waals surface area (Å²) >= 11 is 1.31. The number of rotatable bonds is 4. The SMILES string of the molecule is CC(=O)c1sc2nccc3c2c1NC(=O)N3c1cnc(CC(C)C)cc1C. The fourth-order valence-electron chi connectivity index (χ4n) is 3.44. The van der Waals surface area contributed by atoms with Gasteiger partial charge in [0.1, 0.15) is 4.83 Å². The van der Waals surface area contributed by atoms with E-state index in [1.165, 1.54) is 18.3 Å². The maximum absolute atomic E-state index is 12.9. The van der Waals surface area contributed by atoms with E-state index in [1.54, 1.807) is 17.3 Å². The van der Waals surface area contributed by atoms with E-state index in [0.29, 0.717) is 16.5 Å². The van der Waals surface area contributed by atoms with Crippen molar-refractivity contribution in [3.05, 3.63) is 40.7 Å². The van der Waals surface area contributed by atoms with E-state index in [1.807, 2.05) is 19.1 Å². The molecule has 0 saturated carbocycles. The highest BCUT2D eigenvalue weighted by Crippen LogP contribution is 2.46. The van der Waals surface area contributed by atoms with Crippen LogP contribution in [0.4, 0.5) is 21.9 Å². The number of amides is 2. The summed E-state index contributed by atoms with van der Waals surface area (Å²) in [4.78, 5) is 36.7. The first-order valence-electron chi connectivity index (χ1n) is 8.86. The number of nitrogens with zero attached hydrogens (tertiary/aromatic N) is 3. The summed E-state index contributed by atoms with van der Waals surface area (Å²) in [6.45, 7) is 7.79. The Morgan fingerprint density at radius 1 is 1.30 bits per heavy atom. The van der Waals surface area contributed by atoms with E-state index in [9.17, 15) is 9.59 Å². The third-order valence-corrected chi connectivity index (χ3v) is 5.76. The molecule has 3 aromatic heterocycles. The van der Waals surface area contributed by atoms with Gasteiger partial charge in [-0.2, -0.15) is 0 Å². The van der Waals surface area contributed by atoms with Gasteiger partial charge in [-0.25, -0.2) is 9.78 Å². The Morgan fingerprint density at radius 3 is 2.74 bits per heavy atom. The van der Waals surface area contributed by atoms with Crippen molar-refractivity contribution < 1.29 is 9.59 Å². The van der Waals surface area contributed by atoms with E-state index in [2.05, 4.69) is 29.1 Å². The van der Waals surface area contributed by atoms with Crippen molar-refractivity contribution in [2.45, 2.75) is 34.1 Å². The zero-order chi connectivity index (χ0) is 19.3. The Balaban J connectivity index is 1.88. The highest BCUT2D eigenvalue weighted by molar-refractivity contribution is 7.21. The maximum Gasteiger partial charge on any atom is 0.331 e. The van der Waals surface area contributed by atoms with E-state index < -0.39 is 0 Å². The van der Waals surface area contributed by atoms with Crippen molar-refractivity contribution in [1.29, 1.82) is 0 Å². The average molecular weight is 380 g/mol. The third kappa shape index (κ3) is 2.88. The Kier molecular flexibility index (Phi) is 4.19. The van der Waals surface area contributed by atoms with Gasteiger partial charge in [-0.05, 0) is 37.0 Å². The molecule has 0 bridgehead atoms. The number of urea groups is 1. The van der Waals surface area contributed by atoms with Crippen molar-refractivity contribution in [2.75, 3.05) is 10.2 Å². The molecule has 0 radical (unpaired) electrons. The highest BCUT2D eigenvalue weighted by Gasteiger charge is 2.32. The van der Waals surface area contributed by atoms with Gasteiger partial charge in [-0.15, -0.1) is 11.3 Å². The molecule has 4 rings (SSSR count). The average Bonchev–Trinajstić information content (AvgIpc) is 2.96. The second kappa shape index (κ2) is 6.42. The van der Waals surface area contributed by atoms with Gasteiger partial charge in [0, 0.05) is 18.8 Å². The molecule has 1 N–H and O–H groups in total. The molecule has 0 atom stereocenters. The zero-order valence-corrected chi connectivity index (χ0v) is 16.5. The van der Waals surface area contributed by atoms with Crippen molar-refractivity contribution in [1.82, 2.24) is 9.97 Å². The van der Waals surface area contributed by atoms with Gasteiger partial charge in [-0.3, -0.25) is 14.7 Å². The number of aromatic nitrogens is 2. The minimum absolute atomic E-state index is 0.0800. The normalized spacial score (nSPS) is 13.4. The number of carbonyl (C=O) groups excluding carboxylic acids is 2. The van der Waals surface area contributed by atoms with Gasteiger partial charge in [0.25, 0.3) is 0 Å². The topological polar surface area (TPSA) is 75.2 Å². The van der Waals surface area contributed by atoms with Crippen LogP contribution in [0.3, 0.4) is 0 Å². The fraction of sp³-hybridized carbons (Fsp3) is 0.300. The third-order valence-electron chi connectivity index (χ3n) is 4.56. The lowest BCUT2D eigenvalue weighted by molar-refractivity contribution is 0.102. The van der Waals surface area contributed by atoms with Crippen LogP contribution in [0.2, 0.25) is 0 Å². The molecular formula is C20H20N4O2S. The van der Waals surface area contributed by atoms with E-state index >= 15 is 0 Å². The second-order valence-electron chi connectivity index (χ2n) is 7.20. The second-order valence-corrected chi connectivity index (χ2v) is 8.20. The van der Waals surface area contributed by atoms with Crippen LogP contribution in [0.5, 0.6) is 0 Å². The molecule has 0 unspecified atom stereocenters. The molecule has 0 fully saturated rings. The molecule has 138 valence electrons. The van der Waals surface area contributed by atoms with Crippen molar-refractivity contribution in [2.24, 2.45) is 5.92 Å². The molecule has 7 heteroatoms. The van der Waals surface area contributed by atoms with E-state index in [-0.39, 0.29) is 11.8 Å². The number of nitrogens with one attached hydrogen (secondary N) is 1. The lowest BCUT2D eigenvalue weighted by atomic mass is 10.0. The van der Waals surface area contributed by atoms with Crippen LogP contribution in [0, 0.1) is 12.8 Å². The number of hydrogen-bond donors (Lipinski definition) is 1. The van der Waals surface area contributed by atoms with Gasteiger partial charge in [-0.1, -0.05) is 13.8 Å². The van der Waals surface area contributed by atoms with Crippen LogP contribution in [-0.2, 0) is 6.42 Å². The van der Waals surface area contributed by atoms with Crippen molar-refractivity contribution >= 4 is 50.4 Å². The lowest BCUT2D eigenvalue weighted by Gasteiger charge is -2.29. The maximum atomic E-state index is 12.9. The smallest absolute Gasteiger partial charge is 0.305 e. The van der Waals surface area contributed by atoms with E-state index in [0.717, 1.165) is 39.3 Å². The lowest BCUT2D eigenvalue weighted by Crippen LogP contribution is -2.34. The summed E-state index contributed by atoms with van der Waals surface area (Å²) < 4.78 is 0. The minimum Gasteiger partial charge on any atom is -0.305 e. The predicted molar refractivity (Wildman–Crippen MR) is 108 cm³/mol. The summed E-state index contributed by atoms with van der Waals surface area (Å²) in [7, 11) is 0. The molecule has 1 aliphatic rings. The van der Waals surface area contributed by atoms with Crippen LogP contribution in [0.1, 0.15) is 41.7 Å². The minimum atomic E-state index is -0.294. The van der Waals surface area contributed by atoms with Crippen LogP contribution < -0.4 is 10.2 Å². The number of anilines is 3. The van der Waals surface area contributed by atoms with Crippen molar-refractivity contribution in [3.63, 3.8) is 0 Å². The largest absolute Gasteiger partial charge is 0.331 e. The Hall–Kier alpha value is -2.80. The molecule has 4 heterocycles. The summed E-state index contributed by atoms with van der Waals surface area (Å²) in [5.41, 5.74) is 4.01. The van der Waals surface area contributed by atoms with E-state index in [4.69, 9.17) is 0 Å². The van der Waals surface area contributed by atoms with Gasteiger partial charge in [0.15, 0.2) is 5.78 Å². The zero-order valence-electron chi connectivity index (χ0n) is 15.7. The Bertz CT molecular complexity index is 1090. The molecular weight excluding hydrogens is 360 g/mol. The summed E-state index contributed by atoms with van der Waals surface area (Å²) in [5, 5.41) is 3.69. The first kappa shape index (κ1) is 17.6. The fourth-order valence-corrected chi connectivity index (χ4v) is 4.46. The molecule has 0 aromatic carbocycles. The molecule has 27 heavy (non-hydrogen) atoms. The van der Waals surface area contributed by atoms with Crippen LogP contribution in [-0.4, -0.2) is 21.8 Å². The molecule has 3 aromatic rings. The number of carbonyl (C=O) groups is 2. The predicted octanol–water partition coefficient (Wildman–Crippen LogP) is 5.08. The molecule has 2 amide bonds. The van der Waals surface area contributed by atoms with Gasteiger partial charge in [0.2, 0.25) is 0 Å². The quantitative estimate of drug-likeness (QED) is 0.640. The molecule has 0 aliphatic carbocycles. The number of aryl methyl sites for hydroxylation is 1. The number of Topliss-reactive ketones (excluding diaryl/α,β-unsaturated/α-hetero) is 1. The number of hydrogen-bond acceptors (Lipinski definition) is 5. The molecule has 0 saturated heterocycles. The van der Waals surface area contributed by atoms with Crippen LogP contribution in [0.15, 0.2) is 24.5 Å². The monoisotopic (exact) mass is 380 g/mol. The Labute approximate surface area is 161 Å². The van der Waals surface area contributed by atoms with Crippen LogP contribution >= 0.6 is 11.3 Å². The first-order chi connectivity index (χ1) is 12.9. The van der Waals surface area contributed by atoms with Gasteiger partial charge in [0.05, 0.1) is 33.5 Å². The highest BCUT2D eigenvalue weighted by atomic mass is 32.1.